The van der Waals surface area contributed by atoms with Crippen LogP contribution in [0.3, 0.4) is 0 Å². The molecule has 0 aliphatic heterocycles. The van der Waals surface area contributed by atoms with E-state index in [9.17, 15) is 23.4 Å². The van der Waals surface area contributed by atoms with Gasteiger partial charge in [0, 0.05) is 0 Å². The zero-order chi connectivity index (χ0) is 24.4. The average molecular weight is 473 g/mol. The fraction of sp³-hybridized carbons (Fsp3) is 1.00. The minimum absolute atomic E-state index is 0.292. The summed E-state index contributed by atoms with van der Waals surface area (Å²) in [7, 11) is 0. The number of alkyl halides is 3. The Balaban J connectivity index is 1.49. The standard InChI is InChI=1S/C28H47F3O2/c1-17(7-6-14-25(2,3)33)19-10-11-20-18-8-9-22-24(28(29,30)31)23(32)13-16-27(22,5)21(18)12-15-26(19,20)4/h17-24,32-33H,6-16H2,1-5H3/t17-,18+,19-,20+,21+,22+,23+,24?,26-,27-/m1/s1. The zero-order valence-electron chi connectivity index (χ0n) is 21.4. The molecule has 192 valence electrons. The van der Waals surface area contributed by atoms with Crippen LogP contribution in [0.25, 0.3) is 0 Å². The molecule has 4 fully saturated rings. The Kier molecular flexibility index (Phi) is 6.78. The molecule has 4 aliphatic carbocycles. The van der Waals surface area contributed by atoms with Crippen molar-refractivity contribution in [2.24, 2.45) is 52.3 Å². The molecule has 0 aromatic rings. The monoisotopic (exact) mass is 472 g/mol. The number of fused-ring (bicyclic) bond motifs is 5. The summed E-state index contributed by atoms with van der Waals surface area (Å²) in [6.07, 6.45) is 4.73. The van der Waals surface area contributed by atoms with E-state index >= 15 is 0 Å². The highest BCUT2D eigenvalue weighted by Crippen LogP contribution is 2.69. The van der Waals surface area contributed by atoms with E-state index in [1.807, 2.05) is 13.8 Å². The van der Waals surface area contributed by atoms with Crippen molar-refractivity contribution in [1.82, 2.24) is 0 Å². The van der Waals surface area contributed by atoms with Crippen LogP contribution in [0.4, 0.5) is 13.2 Å². The zero-order valence-corrected chi connectivity index (χ0v) is 21.4. The number of aliphatic hydroxyl groups excluding tert-OH is 1. The van der Waals surface area contributed by atoms with Gasteiger partial charge in [0.05, 0.1) is 17.6 Å². The molecule has 33 heavy (non-hydrogen) atoms. The summed E-state index contributed by atoms with van der Waals surface area (Å²) in [5.74, 6) is 0.894. The molecule has 0 spiro atoms. The predicted octanol–water partition coefficient (Wildman–Crippen LogP) is 7.37. The maximum absolute atomic E-state index is 14.0. The molecule has 0 aromatic heterocycles. The summed E-state index contributed by atoms with van der Waals surface area (Å²) in [5.41, 5.74) is -0.591. The topological polar surface area (TPSA) is 40.5 Å². The van der Waals surface area contributed by atoms with Gasteiger partial charge in [-0.05, 0) is 118 Å². The van der Waals surface area contributed by atoms with Crippen LogP contribution in [0, 0.1) is 52.3 Å². The number of hydrogen-bond donors (Lipinski definition) is 2. The van der Waals surface area contributed by atoms with Gasteiger partial charge < -0.3 is 10.2 Å². The van der Waals surface area contributed by atoms with Crippen molar-refractivity contribution in [3.63, 3.8) is 0 Å². The Hall–Kier alpha value is -0.290. The molecular weight excluding hydrogens is 425 g/mol. The first-order chi connectivity index (χ1) is 15.2. The second-order valence-corrected chi connectivity index (χ2v) is 13.7. The second kappa shape index (κ2) is 8.68. The van der Waals surface area contributed by atoms with Gasteiger partial charge in [-0.1, -0.05) is 33.6 Å². The van der Waals surface area contributed by atoms with Crippen LogP contribution in [-0.4, -0.2) is 28.1 Å². The normalized spacial score (nSPS) is 46.9. The molecule has 0 radical (unpaired) electrons. The number of halogens is 3. The van der Waals surface area contributed by atoms with E-state index in [-0.39, 0.29) is 5.41 Å². The first-order valence-corrected chi connectivity index (χ1v) is 13.7. The van der Waals surface area contributed by atoms with Gasteiger partial charge in [-0.2, -0.15) is 13.2 Å². The second-order valence-electron chi connectivity index (χ2n) is 13.7. The van der Waals surface area contributed by atoms with Crippen LogP contribution in [0.1, 0.15) is 105 Å². The lowest BCUT2D eigenvalue weighted by Gasteiger charge is -2.62. The first-order valence-electron chi connectivity index (χ1n) is 13.7. The van der Waals surface area contributed by atoms with Gasteiger partial charge in [0.1, 0.15) is 0 Å². The Morgan fingerprint density at radius 3 is 2.12 bits per heavy atom. The summed E-state index contributed by atoms with van der Waals surface area (Å²) in [5, 5.41) is 20.4. The van der Waals surface area contributed by atoms with Crippen LogP contribution < -0.4 is 0 Å². The maximum Gasteiger partial charge on any atom is 0.394 e. The van der Waals surface area contributed by atoms with E-state index < -0.39 is 29.7 Å². The Morgan fingerprint density at radius 1 is 0.879 bits per heavy atom. The van der Waals surface area contributed by atoms with Crippen molar-refractivity contribution in [2.75, 3.05) is 0 Å². The predicted molar refractivity (Wildman–Crippen MR) is 125 cm³/mol. The fourth-order valence-electron chi connectivity index (χ4n) is 9.83. The molecule has 0 aromatic carbocycles. The Bertz CT molecular complexity index is 700. The molecule has 0 saturated heterocycles. The number of hydrogen-bond acceptors (Lipinski definition) is 2. The highest BCUT2D eigenvalue weighted by atomic mass is 19.4. The molecule has 5 heteroatoms. The van der Waals surface area contributed by atoms with Gasteiger partial charge in [-0.25, -0.2) is 0 Å². The first kappa shape index (κ1) is 25.8. The van der Waals surface area contributed by atoms with Gasteiger partial charge >= 0.3 is 6.18 Å². The van der Waals surface area contributed by atoms with Gasteiger partial charge in [0.2, 0.25) is 0 Å². The summed E-state index contributed by atoms with van der Waals surface area (Å²) in [4.78, 5) is 0. The lowest BCUT2D eigenvalue weighted by Crippen LogP contribution is -2.59. The highest BCUT2D eigenvalue weighted by Gasteiger charge is 2.65. The van der Waals surface area contributed by atoms with Crippen LogP contribution >= 0.6 is 0 Å². The third-order valence-electron chi connectivity index (χ3n) is 11.4. The largest absolute Gasteiger partial charge is 0.394 e. The van der Waals surface area contributed by atoms with Crippen LogP contribution in [0.15, 0.2) is 0 Å². The summed E-state index contributed by atoms with van der Waals surface area (Å²) in [6, 6.07) is 0. The lowest BCUT2D eigenvalue weighted by molar-refractivity contribution is -0.260. The van der Waals surface area contributed by atoms with Crippen molar-refractivity contribution in [2.45, 2.75) is 123 Å². The molecule has 0 bridgehead atoms. The minimum Gasteiger partial charge on any atom is -0.392 e. The van der Waals surface area contributed by atoms with Gasteiger partial charge in [-0.15, -0.1) is 0 Å². The van der Waals surface area contributed by atoms with E-state index in [0.717, 1.165) is 44.9 Å². The summed E-state index contributed by atoms with van der Waals surface area (Å²) >= 11 is 0. The molecular formula is C28H47F3O2. The Labute approximate surface area is 199 Å². The minimum atomic E-state index is -4.31. The van der Waals surface area contributed by atoms with E-state index in [1.54, 1.807) is 0 Å². The molecule has 4 aliphatic rings. The fourth-order valence-corrected chi connectivity index (χ4v) is 9.83. The summed E-state index contributed by atoms with van der Waals surface area (Å²) < 4.78 is 41.9. The van der Waals surface area contributed by atoms with Crippen molar-refractivity contribution < 1.29 is 23.4 Å². The molecule has 4 rings (SSSR count). The lowest BCUT2D eigenvalue weighted by atomic mass is 9.43. The van der Waals surface area contributed by atoms with Gasteiger partial charge in [0.25, 0.3) is 0 Å². The molecule has 1 unspecified atom stereocenters. The molecule has 4 saturated carbocycles. The number of aliphatic hydroxyl groups is 2. The van der Waals surface area contributed by atoms with E-state index in [1.165, 1.54) is 12.8 Å². The molecule has 0 amide bonds. The van der Waals surface area contributed by atoms with E-state index in [0.29, 0.717) is 47.8 Å². The SMILES string of the molecule is C[C@H](CCCC(C)(C)O)[C@H]1CC[C@H]2[C@@H]3CC[C@H]4C(C(F)(F)F)[C@@H](O)CC[C@]4(C)[C@H]3CC[C@]12C. The molecule has 2 nitrogen and oxygen atoms in total. The van der Waals surface area contributed by atoms with Gasteiger partial charge in [-0.3, -0.25) is 0 Å². The maximum atomic E-state index is 14.0. The van der Waals surface area contributed by atoms with Gasteiger partial charge in [0.15, 0.2) is 0 Å². The van der Waals surface area contributed by atoms with Crippen molar-refractivity contribution in [3.05, 3.63) is 0 Å². The quantitative estimate of drug-likeness (QED) is 0.438. The highest BCUT2D eigenvalue weighted by molar-refractivity contribution is 5.11. The van der Waals surface area contributed by atoms with Crippen molar-refractivity contribution >= 4 is 0 Å². The number of rotatable bonds is 5. The van der Waals surface area contributed by atoms with Crippen LogP contribution in [0.2, 0.25) is 0 Å². The molecule has 10 atom stereocenters. The third kappa shape index (κ3) is 4.52. The molecule has 2 N–H and O–H groups in total. The van der Waals surface area contributed by atoms with Crippen molar-refractivity contribution in [1.29, 1.82) is 0 Å². The van der Waals surface area contributed by atoms with Crippen LogP contribution in [-0.2, 0) is 0 Å². The van der Waals surface area contributed by atoms with Crippen molar-refractivity contribution in [3.8, 4) is 0 Å². The van der Waals surface area contributed by atoms with E-state index in [4.69, 9.17) is 0 Å². The Morgan fingerprint density at radius 2 is 1.48 bits per heavy atom. The average Bonchev–Trinajstić information content (AvgIpc) is 3.03. The third-order valence-corrected chi connectivity index (χ3v) is 11.4. The summed E-state index contributed by atoms with van der Waals surface area (Å²) in [6.45, 7) is 10.8. The van der Waals surface area contributed by atoms with E-state index in [2.05, 4.69) is 20.8 Å². The van der Waals surface area contributed by atoms with Crippen LogP contribution in [0.5, 0.6) is 0 Å². The smallest absolute Gasteiger partial charge is 0.392 e. The molecule has 0 heterocycles.